The number of hydrogen-bond donors (Lipinski definition) is 0. The summed E-state index contributed by atoms with van der Waals surface area (Å²) in [7, 11) is -3.19. The van der Waals surface area contributed by atoms with Crippen LogP contribution in [0.5, 0.6) is 0 Å². The number of para-hydroxylation sites is 1. The van der Waals surface area contributed by atoms with Gasteiger partial charge in [0.25, 0.3) is 0 Å². The summed E-state index contributed by atoms with van der Waals surface area (Å²) in [4.78, 5) is 22.7. The van der Waals surface area contributed by atoms with E-state index in [-0.39, 0.29) is 17.5 Å². The topological polar surface area (TPSA) is 73.8 Å². The van der Waals surface area contributed by atoms with Crippen molar-refractivity contribution in [2.45, 2.75) is 12.8 Å². The number of sulfone groups is 1. The third-order valence-electron chi connectivity index (χ3n) is 5.48. The Morgan fingerprint density at radius 3 is 2.43 bits per heavy atom. The van der Waals surface area contributed by atoms with E-state index in [0.717, 1.165) is 62.3 Å². The summed E-state index contributed by atoms with van der Waals surface area (Å²) in [5.74, 6) is 0.352. The summed E-state index contributed by atoms with van der Waals surface area (Å²) < 4.78 is 22.9. The maximum absolute atomic E-state index is 11.7. The predicted octanol–water partition coefficient (Wildman–Crippen LogP) is 1.35. The lowest BCUT2D eigenvalue weighted by atomic mass is 10.2. The van der Waals surface area contributed by atoms with Crippen molar-refractivity contribution in [2.24, 2.45) is 0 Å². The molecule has 0 spiro atoms. The maximum atomic E-state index is 11.7. The van der Waals surface area contributed by atoms with Gasteiger partial charge in [0.05, 0.1) is 5.52 Å². The van der Waals surface area contributed by atoms with Gasteiger partial charge in [0.1, 0.15) is 17.4 Å². The summed E-state index contributed by atoms with van der Waals surface area (Å²) in [6.07, 6.45) is 1.81. The van der Waals surface area contributed by atoms with Crippen molar-refractivity contribution in [2.75, 3.05) is 55.8 Å². The Kier molecular flexibility index (Phi) is 5.50. The van der Waals surface area contributed by atoms with E-state index < -0.39 is 9.84 Å². The molecule has 2 aromatic rings. The fourth-order valence-corrected chi connectivity index (χ4v) is 5.29. The van der Waals surface area contributed by atoms with Crippen LogP contribution in [0.15, 0.2) is 36.4 Å². The van der Waals surface area contributed by atoms with Crippen LogP contribution in [0.2, 0.25) is 0 Å². The third-order valence-corrected chi connectivity index (χ3v) is 6.87. The van der Waals surface area contributed by atoms with Crippen LogP contribution in [0.1, 0.15) is 12.8 Å². The smallest absolute Gasteiger partial charge is 0.238 e. The molecule has 28 heavy (non-hydrogen) atoms. The summed E-state index contributed by atoms with van der Waals surface area (Å²) in [5.41, 5.74) is 1.03. The number of fused-ring (bicyclic) bond motifs is 1. The van der Waals surface area contributed by atoms with Gasteiger partial charge in [0.15, 0.2) is 9.84 Å². The Morgan fingerprint density at radius 2 is 1.68 bits per heavy atom. The number of unbranched alkanes of at least 4 members (excludes halogenated alkanes) is 1. The van der Waals surface area contributed by atoms with Gasteiger partial charge in [-0.1, -0.05) is 18.2 Å². The summed E-state index contributed by atoms with van der Waals surface area (Å²) in [6, 6.07) is 12.4. The zero-order valence-corrected chi connectivity index (χ0v) is 16.8. The monoisotopic (exact) mass is 402 g/mol. The minimum absolute atomic E-state index is 0.108. The number of aromatic nitrogens is 1. The fraction of sp³-hybridized carbons (Fsp3) is 0.500. The van der Waals surface area contributed by atoms with Crippen molar-refractivity contribution in [3.8, 4) is 0 Å². The van der Waals surface area contributed by atoms with E-state index in [1.165, 1.54) is 4.90 Å². The molecule has 1 amide bonds. The van der Waals surface area contributed by atoms with Crippen molar-refractivity contribution in [3.63, 3.8) is 0 Å². The normalized spacial score (nSPS) is 20.2. The molecule has 0 radical (unpaired) electrons. The van der Waals surface area contributed by atoms with Crippen molar-refractivity contribution in [1.29, 1.82) is 0 Å². The van der Waals surface area contributed by atoms with Crippen LogP contribution in [-0.4, -0.2) is 80.0 Å². The van der Waals surface area contributed by atoms with E-state index in [1.807, 2.05) is 18.2 Å². The lowest BCUT2D eigenvalue weighted by Crippen LogP contribution is -2.47. The molecule has 1 aromatic heterocycles. The van der Waals surface area contributed by atoms with Crippen molar-refractivity contribution in [1.82, 2.24) is 14.8 Å². The molecule has 0 saturated carbocycles. The van der Waals surface area contributed by atoms with Crippen LogP contribution >= 0.6 is 0 Å². The predicted molar refractivity (Wildman–Crippen MR) is 110 cm³/mol. The number of pyridine rings is 1. The lowest BCUT2D eigenvalue weighted by Gasteiger charge is -2.35. The van der Waals surface area contributed by atoms with E-state index >= 15 is 0 Å². The van der Waals surface area contributed by atoms with Gasteiger partial charge >= 0.3 is 0 Å². The Balaban J connectivity index is 1.20. The number of carbonyl (C=O) groups is 1. The number of amides is 1. The van der Waals surface area contributed by atoms with Gasteiger partial charge in [-0.3, -0.25) is 9.69 Å². The first-order chi connectivity index (χ1) is 13.5. The summed E-state index contributed by atoms with van der Waals surface area (Å²) in [6.45, 7) is 5.41. The van der Waals surface area contributed by atoms with Gasteiger partial charge in [-0.05, 0) is 37.6 Å². The average Bonchev–Trinajstić information content (AvgIpc) is 2.97. The van der Waals surface area contributed by atoms with E-state index in [4.69, 9.17) is 4.98 Å². The quantitative estimate of drug-likeness (QED) is 0.679. The van der Waals surface area contributed by atoms with Crippen LogP contribution in [0.25, 0.3) is 10.9 Å². The first-order valence-electron chi connectivity index (χ1n) is 9.81. The van der Waals surface area contributed by atoms with Gasteiger partial charge in [-0.15, -0.1) is 0 Å². The second-order valence-corrected chi connectivity index (χ2v) is 9.61. The van der Waals surface area contributed by atoms with Gasteiger partial charge in [0.2, 0.25) is 5.91 Å². The zero-order chi connectivity index (χ0) is 19.6. The molecule has 7 nitrogen and oxygen atoms in total. The molecule has 2 saturated heterocycles. The number of nitrogens with zero attached hydrogens (tertiary/aromatic N) is 4. The van der Waals surface area contributed by atoms with Crippen LogP contribution in [0, 0.1) is 0 Å². The Labute approximate surface area is 165 Å². The van der Waals surface area contributed by atoms with E-state index in [0.29, 0.717) is 6.54 Å². The molecule has 0 unspecified atom stereocenters. The number of carbonyl (C=O) groups excluding carboxylic acids is 1. The first-order valence-corrected chi connectivity index (χ1v) is 11.6. The van der Waals surface area contributed by atoms with Gasteiger partial charge < -0.3 is 9.80 Å². The SMILES string of the molecule is O=C1CS(=O)(=O)CN1CCCCN1CCN(c2ccc3ccccc3n2)CC1. The molecule has 2 aliphatic rings. The Morgan fingerprint density at radius 1 is 0.929 bits per heavy atom. The number of anilines is 1. The minimum Gasteiger partial charge on any atom is -0.354 e. The molecule has 150 valence electrons. The van der Waals surface area contributed by atoms with Crippen LogP contribution in [-0.2, 0) is 14.6 Å². The molecule has 8 heteroatoms. The van der Waals surface area contributed by atoms with E-state index in [1.54, 1.807) is 0 Å². The molecule has 0 N–H and O–H groups in total. The highest BCUT2D eigenvalue weighted by atomic mass is 32.2. The molecule has 0 atom stereocenters. The van der Waals surface area contributed by atoms with Crippen molar-refractivity contribution >= 4 is 32.5 Å². The second-order valence-electron chi connectivity index (χ2n) is 7.57. The molecular formula is C20H26N4O3S. The summed E-state index contributed by atoms with van der Waals surface area (Å²) in [5, 5.41) is 1.16. The number of benzene rings is 1. The van der Waals surface area contributed by atoms with Crippen molar-refractivity contribution < 1.29 is 13.2 Å². The lowest BCUT2D eigenvalue weighted by molar-refractivity contribution is -0.126. The van der Waals surface area contributed by atoms with Crippen LogP contribution in [0.3, 0.4) is 0 Å². The first kappa shape index (κ1) is 19.1. The standard InChI is InChI=1S/C20H26N4O3S/c25-20-15-28(26,27)16-24(20)10-4-3-9-22-11-13-23(14-12-22)19-8-7-17-5-1-2-6-18(17)21-19/h1-2,5-8H,3-4,9-16H2. The zero-order valence-electron chi connectivity index (χ0n) is 16.0. The summed E-state index contributed by atoms with van der Waals surface area (Å²) >= 11 is 0. The molecule has 0 bridgehead atoms. The van der Waals surface area contributed by atoms with Gasteiger partial charge in [-0.25, -0.2) is 13.4 Å². The van der Waals surface area contributed by atoms with E-state index in [2.05, 4.69) is 28.0 Å². The molecular weight excluding hydrogens is 376 g/mol. The van der Waals surface area contributed by atoms with Gasteiger partial charge in [0, 0.05) is 38.1 Å². The number of hydrogen-bond acceptors (Lipinski definition) is 6. The largest absolute Gasteiger partial charge is 0.354 e. The highest BCUT2D eigenvalue weighted by molar-refractivity contribution is 7.92. The maximum Gasteiger partial charge on any atom is 0.238 e. The van der Waals surface area contributed by atoms with Crippen LogP contribution in [0.4, 0.5) is 5.82 Å². The molecule has 2 fully saturated rings. The molecule has 0 aliphatic carbocycles. The average molecular weight is 403 g/mol. The molecule has 4 rings (SSSR count). The highest BCUT2D eigenvalue weighted by Crippen LogP contribution is 2.19. The second kappa shape index (κ2) is 8.05. The van der Waals surface area contributed by atoms with Gasteiger partial charge in [-0.2, -0.15) is 0 Å². The van der Waals surface area contributed by atoms with E-state index in [9.17, 15) is 13.2 Å². The Bertz CT molecular complexity index is 955. The molecule has 3 heterocycles. The minimum atomic E-state index is -3.19. The van der Waals surface area contributed by atoms with Crippen molar-refractivity contribution in [3.05, 3.63) is 36.4 Å². The highest BCUT2D eigenvalue weighted by Gasteiger charge is 2.32. The molecule has 2 aliphatic heterocycles. The van der Waals surface area contributed by atoms with Crippen LogP contribution < -0.4 is 4.90 Å². The fourth-order valence-electron chi connectivity index (χ4n) is 3.89. The number of rotatable bonds is 6. The Hall–Kier alpha value is -2.19. The molecule has 1 aromatic carbocycles. The number of piperazine rings is 1. The third kappa shape index (κ3) is 4.44.